The standard InChI is InChI=1S/C6HCl4NO2/c7-2-1-3(8)5(9)11-4(2)6(12)13-10/h1H. The topological polar surface area (TPSA) is 39.2 Å². The van der Waals surface area contributed by atoms with Crippen LogP contribution in [0.2, 0.25) is 15.2 Å². The summed E-state index contributed by atoms with van der Waals surface area (Å²) in [6, 6.07) is 1.28. The summed E-state index contributed by atoms with van der Waals surface area (Å²) in [5, 5.41) is 0.140. The third-order valence-corrected chi connectivity index (χ3v) is 2.25. The van der Waals surface area contributed by atoms with Crippen molar-refractivity contribution in [3.05, 3.63) is 27.0 Å². The first-order chi connectivity index (χ1) is 6.06. The zero-order valence-corrected chi connectivity index (χ0v) is 8.88. The molecule has 0 fully saturated rings. The number of hydrogen-bond acceptors (Lipinski definition) is 3. The normalized spacial score (nSPS) is 9.85. The zero-order valence-electron chi connectivity index (χ0n) is 5.85. The van der Waals surface area contributed by atoms with Gasteiger partial charge in [0.15, 0.2) is 5.69 Å². The summed E-state index contributed by atoms with van der Waals surface area (Å²) in [4.78, 5) is 14.5. The number of halogens is 4. The highest BCUT2D eigenvalue weighted by Gasteiger charge is 2.16. The van der Waals surface area contributed by atoms with Crippen LogP contribution in [0.1, 0.15) is 10.5 Å². The second kappa shape index (κ2) is 4.33. The fourth-order valence-corrected chi connectivity index (χ4v) is 1.27. The fourth-order valence-electron chi connectivity index (χ4n) is 0.624. The largest absolute Gasteiger partial charge is 0.376 e. The van der Waals surface area contributed by atoms with E-state index in [2.05, 4.69) is 9.27 Å². The molecular formula is C6HCl4NO2. The first-order valence-electron chi connectivity index (χ1n) is 2.90. The van der Waals surface area contributed by atoms with E-state index in [9.17, 15) is 4.79 Å². The maximum atomic E-state index is 10.9. The van der Waals surface area contributed by atoms with E-state index < -0.39 is 5.97 Å². The summed E-state index contributed by atoms with van der Waals surface area (Å²) in [6.45, 7) is 0. The molecule has 0 saturated heterocycles. The highest BCUT2D eigenvalue weighted by atomic mass is 35.5. The van der Waals surface area contributed by atoms with Gasteiger partial charge in [0, 0.05) is 0 Å². The van der Waals surface area contributed by atoms with Crippen molar-refractivity contribution < 1.29 is 9.08 Å². The fraction of sp³-hybridized carbons (Fsp3) is 0. The molecule has 0 aliphatic carbocycles. The van der Waals surface area contributed by atoms with Gasteiger partial charge in [-0.1, -0.05) is 34.8 Å². The third kappa shape index (κ3) is 2.38. The highest BCUT2D eigenvalue weighted by molar-refractivity contribution is 6.43. The van der Waals surface area contributed by atoms with E-state index in [4.69, 9.17) is 46.7 Å². The molecule has 7 heteroatoms. The molecule has 0 atom stereocenters. The van der Waals surface area contributed by atoms with Crippen LogP contribution >= 0.6 is 46.7 Å². The number of rotatable bonds is 1. The van der Waals surface area contributed by atoms with Crippen LogP contribution in [-0.4, -0.2) is 11.0 Å². The Morgan fingerprint density at radius 1 is 1.31 bits per heavy atom. The van der Waals surface area contributed by atoms with E-state index in [0.29, 0.717) is 0 Å². The van der Waals surface area contributed by atoms with E-state index >= 15 is 0 Å². The monoisotopic (exact) mass is 259 g/mol. The van der Waals surface area contributed by atoms with Crippen molar-refractivity contribution in [1.29, 1.82) is 0 Å². The predicted molar refractivity (Wildman–Crippen MR) is 50.5 cm³/mol. The Morgan fingerprint density at radius 2 is 1.92 bits per heavy atom. The van der Waals surface area contributed by atoms with E-state index in [0.717, 1.165) is 0 Å². The summed E-state index contributed by atoms with van der Waals surface area (Å²) in [5.74, 6) is -0.884. The van der Waals surface area contributed by atoms with Crippen molar-refractivity contribution in [3.8, 4) is 0 Å². The minimum absolute atomic E-state index is 0.0278. The summed E-state index contributed by atoms with van der Waals surface area (Å²) in [6.07, 6.45) is 0. The van der Waals surface area contributed by atoms with Crippen molar-refractivity contribution in [3.63, 3.8) is 0 Å². The molecule has 1 heterocycles. The van der Waals surface area contributed by atoms with Gasteiger partial charge >= 0.3 is 5.97 Å². The lowest BCUT2D eigenvalue weighted by atomic mass is 10.3. The van der Waals surface area contributed by atoms with Crippen LogP contribution in [0.3, 0.4) is 0 Å². The van der Waals surface area contributed by atoms with Crippen LogP contribution in [0.5, 0.6) is 0 Å². The van der Waals surface area contributed by atoms with Gasteiger partial charge in [0.2, 0.25) is 0 Å². The molecule has 0 aromatic carbocycles. The van der Waals surface area contributed by atoms with Gasteiger partial charge in [0.25, 0.3) is 0 Å². The Kier molecular flexibility index (Phi) is 3.62. The molecular weight excluding hydrogens is 260 g/mol. The van der Waals surface area contributed by atoms with E-state index in [1.54, 1.807) is 0 Å². The number of hydrogen-bond donors (Lipinski definition) is 0. The molecule has 0 radical (unpaired) electrons. The molecule has 1 aromatic rings. The average molecular weight is 261 g/mol. The van der Waals surface area contributed by atoms with Crippen molar-refractivity contribution in [2.24, 2.45) is 0 Å². The maximum absolute atomic E-state index is 10.9. The molecule has 1 aromatic heterocycles. The second-order valence-corrected chi connectivity index (χ2v) is 3.28. The second-order valence-electron chi connectivity index (χ2n) is 1.96. The Morgan fingerprint density at radius 3 is 2.46 bits per heavy atom. The van der Waals surface area contributed by atoms with Crippen LogP contribution in [0, 0.1) is 0 Å². The average Bonchev–Trinajstić information content (AvgIpc) is 2.10. The highest BCUT2D eigenvalue weighted by Crippen LogP contribution is 2.26. The van der Waals surface area contributed by atoms with Crippen molar-refractivity contribution >= 4 is 52.6 Å². The van der Waals surface area contributed by atoms with Gasteiger partial charge in [-0.15, -0.1) is 0 Å². The van der Waals surface area contributed by atoms with Crippen LogP contribution in [-0.2, 0) is 4.29 Å². The Hall–Kier alpha value is -0.220. The number of nitrogens with zero attached hydrogens (tertiary/aromatic N) is 1. The maximum Gasteiger partial charge on any atom is 0.376 e. The minimum Gasteiger partial charge on any atom is -0.342 e. The Bertz CT molecular complexity index is 355. The zero-order chi connectivity index (χ0) is 10.0. The molecule has 13 heavy (non-hydrogen) atoms. The van der Waals surface area contributed by atoms with E-state index in [1.165, 1.54) is 6.07 Å². The molecule has 0 unspecified atom stereocenters. The number of carbonyl (C=O) groups is 1. The van der Waals surface area contributed by atoms with Crippen molar-refractivity contribution in [2.45, 2.75) is 0 Å². The van der Waals surface area contributed by atoms with Crippen LogP contribution in [0.15, 0.2) is 6.07 Å². The van der Waals surface area contributed by atoms with E-state index in [-0.39, 0.29) is 20.9 Å². The Labute approximate surface area is 93.7 Å². The molecule has 70 valence electrons. The van der Waals surface area contributed by atoms with Gasteiger partial charge in [0.1, 0.15) is 17.0 Å². The van der Waals surface area contributed by atoms with Crippen LogP contribution in [0.4, 0.5) is 0 Å². The van der Waals surface area contributed by atoms with Gasteiger partial charge in [-0.05, 0) is 6.07 Å². The molecule has 0 saturated carbocycles. The van der Waals surface area contributed by atoms with Gasteiger partial charge in [-0.3, -0.25) is 0 Å². The smallest absolute Gasteiger partial charge is 0.342 e. The van der Waals surface area contributed by atoms with Gasteiger partial charge < -0.3 is 4.29 Å². The Balaban J connectivity index is 3.23. The molecule has 0 spiro atoms. The summed E-state index contributed by atoms with van der Waals surface area (Å²) in [7, 11) is 0. The minimum atomic E-state index is -0.884. The number of pyridine rings is 1. The number of aromatic nitrogens is 1. The van der Waals surface area contributed by atoms with Gasteiger partial charge in [0.05, 0.1) is 10.0 Å². The quantitative estimate of drug-likeness (QED) is 0.727. The van der Waals surface area contributed by atoms with Gasteiger partial charge in [-0.25, -0.2) is 9.78 Å². The molecule has 0 N–H and O–H groups in total. The predicted octanol–water partition coefficient (Wildman–Crippen LogP) is 3.35. The molecule has 3 nitrogen and oxygen atoms in total. The lowest BCUT2D eigenvalue weighted by Crippen LogP contribution is -2.03. The van der Waals surface area contributed by atoms with Crippen molar-refractivity contribution in [2.75, 3.05) is 0 Å². The molecule has 1 rings (SSSR count). The summed E-state index contributed by atoms with van der Waals surface area (Å²) in [5.41, 5.74) is -0.175. The SMILES string of the molecule is O=C(OCl)c1nc(Cl)c(Cl)cc1Cl. The molecule has 0 aliphatic rings. The van der Waals surface area contributed by atoms with E-state index in [1.807, 2.05) is 0 Å². The first-order valence-corrected chi connectivity index (χ1v) is 4.35. The lowest BCUT2D eigenvalue weighted by molar-refractivity contribution is 0.0745. The molecule has 0 aliphatic heterocycles. The first kappa shape index (κ1) is 10.9. The van der Waals surface area contributed by atoms with Crippen LogP contribution in [0.25, 0.3) is 0 Å². The summed E-state index contributed by atoms with van der Waals surface area (Å²) < 4.78 is 3.90. The summed E-state index contributed by atoms with van der Waals surface area (Å²) >= 11 is 21.5. The van der Waals surface area contributed by atoms with Crippen LogP contribution < -0.4 is 0 Å². The third-order valence-electron chi connectivity index (χ3n) is 1.15. The molecule has 0 amide bonds. The van der Waals surface area contributed by atoms with Crippen molar-refractivity contribution in [1.82, 2.24) is 4.98 Å². The molecule has 0 bridgehead atoms. The van der Waals surface area contributed by atoms with Gasteiger partial charge in [-0.2, -0.15) is 0 Å². The number of carbonyl (C=O) groups excluding carboxylic acids is 1. The lowest BCUT2D eigenvalue weighted by Gasteiger charge is -2.00.